The molecule has 16 nitrogen and oxygen atoms in total. The molecular formula is C58H59IN2O14. The average Bonchev–Trinajstić information content (AvgIpc) is 3.41. The van der Waals surface area contributed by atoms with E-state index in [0.29, 0.717) is 40.4 Å². The first-order chi connectivity index (χ1) is 35.6. The van der Waals surface area contributed by atoms with Crippen molar-refractivity contribution < 1.29 is 69.6 Å². The Morgan fingerprint density at radius 3 is 1.49 bits per heavy atom. The van der Waals surface area contributed by atoms with E-state index in [-0.39, 0.29) is 59.5 Å². The Morgan fingerprint density at radius 1 is 0.653 bits per heavy atom. The van der Waals surface area contributed by atoms with E-state index in [1.165, 1.54) is 24.8 Å². The molecule has 8 aliphatic carbocycles. The molecule has 8 aliphatic rings. The van der Waals surface area contributed by atoms with Crippen LogP contribution >= 0.6 is 22.6 Å². The molecule has 0 heterocycles. The predicted molar refractivity (Wildman–Crippen MR) is 283 cm³/mol. The van der Waals surface area contributed by atoms with Crippen molar-refractivity contribution >= 4 is 69.1 Å². The van der Waals surface area contributed by atoms with Gasteiger partial charge in [-0.3, -0.25) is 28.8 Å². The number of phenolic OH excluding ortho intramolecular Hbond substituents is 2. The molecule has 0 bridgehead atoms. The largest absolute Gasteiger partial charge is 0.508 e. The number of ketones is 4. The van der Waals surface area contributed by atoms with Crippen LogP contribution in [0, 0.1) is 51.4 Å². The molecule has 2 aromatic rings. The third-order valence-electron chi connectivity index (χ3n) is 16.2. The summed E-state index contributed by atoms with van der Waals surface area (Å²) in [6.45, 7) is 3.89. The number of aliphatic hydroxyl groups excluding tert-OH is 4. The van der Waals surface area contributed by atoms with Gasteiger partial charge in [0.05, 0.1) is 20.3 Å². The summed E-state index contributed by atoms with van der Waals surface area (Å²) in [6, 6.07) is 3.63. The van der Waals surface area contributed by atoms with Crippen LogP contribution in [0.2, 0.25) is 0 Å². The Balaban J connectivity index is 0.000000176. The highest BCUT2D eigenvalue weighted by molar-refractivity contribution is 14.1. The molecule has 2 fully saturated rings. The van der Waals surface area contributed by atoms with Gasteiger partial charge in [-0.2, -0.15) is 0 Å². The highest BCUT2D eigenvalue weighted by atomic mass is 127. The fraction of sp³-hybridized carbons (Fsp3) is 0.414. The Labute approximate surface area is 446 Å². The van der Waals surface area contributed by atoms with Crippen LogP contribution in [0.15, 0.2) is 69.2 Å². The summed E-state index contributed by atoms with van der Waals surface area (Å²) in [5, 5.41) is 87.8. The summed E-state index contributed by atoms with van der Waals surface area (Å²) in [6.07, 6.45) is 19.9. The minimum absolute atomic E-state index is 0.0911. The number of Topliss-reactive ketones (excluding diaryl/α,β-unsaturated/α-hetero) is 4. The molecule has 2 amide bonds. The molecule has 2 aromatic carbocycles. The van der Waals surface area contributed by atoms with Crippen molar-refractivity contribution in [3.05, 3.63) is 112 Å². The van der Waals surface area contributed by atoms with Crippen molar-refractivity contribution in [3.63, 3.8) is 0 Å². The minimum atomic E-state index is -2.57. The second-order valence-corrected chi connectivity index (χ2v) is 21.5. The van der Waals surface area contributed by atoms with Crippen molar-refractivity contribution in [2.75, 3.05) is 0 Å². The number of aromatic hydroxyl groups is 2. The van der Waals surface area contributed by atoms with Crippen molar-refractivity contribution in [2.24, 2.45) is 35.1 Å². The quantitative estimate of drug-likeness (QED) is 0.0882. The van der Waals surface area contributed by atoms with Crippen LogP contribution in [0.1, 0.15) is 130 Å². The van der Waals surface area contributed by atoms with Crippen LogP contribution in [-0.4, -0.2) is 87.0 Å². The van der Waals surface area contributed by atoms with Gasteiger partial charge in [-0.15, -0.1) is 6.42 Å². The Bertz CT molecular complexity index is 3220. The molecule has 0 radical (unpaired) electrons. The number of aliphatic hydroxyl groups is 6. The predicted octanol–water partition coefficient (Wildman–Crippen LogP) is 6.55. The van der Waals surface area contributed by atoms with Crippen LogP contribution < -0.4 is 11.5 Å². The number of aryl methyl sites for hydroxylation is 2. The Hall–Kier alpha value is -6.93. The number of carbonyl (C=O) groups excluding carboxylic acids is 6. The number of carbonyl (C=O) groups is 6. The molecule has 0 aromatic heterocycles. The molecule has 75 heavy (non-hydrogen) atoms. The number of benzene rings is 2. The normalized spacial score (nSPS) is 26.7. The lowest BCUT2D eigenvalue weighted by atomic mass is 9.59. The zero-order chi connectivity index (χ0) is 54.6. The average molecular weight is 1140 g/mol. The first kappa shape index (κ1) is 54.3. The van der Waals surface area contributed by atoms with Gasteiger partial charge >= 0.3 is 0 Å². The monoisotopic (exact) mass is 1130 g/mol. The smallest absolute Gasteiger partial charge is 0.255 e. The maximum Gasteiger partial charge on any atom is 0.255 e. The van der Waals surface area contributed by atoms with E-state index in [9.17, 15) is 69.6 Å². The Morgan fingerprint density at radius 2 is 1.09 bits per heavy atom. The van der Waals surface area contributed by atoms with Crippen molar-refractivity contribution in [3.8, 4) is 35.7 Å². The molecule has 0 saturated heterocycles. The minimum Gasteiger partial charge on any atom is -0.508 e. The summed E-state index contributed by atoms with van der Waals surface area (Å²) >= 11 is 1.94. The van der Waals surface area contributed by atoms with Gasteiger partial charge in [0.25, 0.3) is 11.8 Å². The van der Waals surface area contributed by atoms with Crippen LogP contribution in [0.25, 0.3) is 11.5 Å². The van der Waals surface area contributed by atoms with Crippen LogP contribution in [0.5, 0.6) is 11.5 Å². The number of terminal acetylenes is 1. The molecule has 6 atom stereocenters. The topological polar surface area (TPSA) is 316 Å². The lowest BCUT2D eigenvalue weighted by Gasteiger charge is -2.46. The van der Waals surface area contributed by atoms with Gasteiger partial charge in [-0.25, -0.2) is 0 Å². The van der Waals surface area contributed by atoms with E-state index in [0.717, 1.165) is 54.4 Å². The van der Waals surface area contributed by atoms with Crippen LogP contribution in [-0.2, 0) is 54.5 Å². The standard InChI is InChI=1S/C29H29NO7.C21H20INO7.C8H10/c1-2-15-10-16(9-8-14-6-4-3-5-7-14)24(32)22-19(15)12-17-11-18-13-20(31)23(28(30)36)27(35)29(18,37)26(34)21(17)25(22)33;1-2-7-5-11(22)16(25)14-10(7)4-8-3-9-6-12(24)15(20(23)29)19(28)21(9,30)18(27)13(8)17(14)26;1-2-8-6-4-3-5-7-8/h6,10,17-18,32-33,35,37H,2-5,7,11-13H2,1H3,(H2,30,36);5,8-9,25-26,28,30H,2-4,6H2,1H3,(H2,23,29);1,6H,3-5,7H2/t17-,18+,29+;8-,9+,21+;/m11./s1. The summed E-state index contributed by atoms with van der Waals surface area (Å²) in [7, 11) is 0. The maximum absolute atomic E-state index is 13.7. The molecular weight excluding hydrogens is 1080 g/mol. The number of hydrogen-bond donors (Lipinski definition) is 10. The van der Waals surface area contributed by atoms with Gasteiger partial charge in [0, 0.05) is 35.8 Å². The number of halogens is 1. The summed E-state index contributed by atoms with van der Waals surface area (Å²) in [5.41, 5.74) is 9.42. The van der Waals surface area contributed by atoms with E-state index >= 15 is 0 Å². The number of allylic oxidation sites excluding steroid dienone is 4. The first-order valence-corrected chi connectivity index (χ1v) is 26.4. The SMILES string of the molecule is C#CC1=CCCCC1.CCc1cc(C#CC2=CCCCC2)c(O)c2c1C[C@H]1C[C@H]3CC(=O)C(C(N)=O)=C(O)[C@@]3(O)C(=O)C1=C2O.CCc1cc(I)c(O)c2c1C[C@H]1C[C@H]3CC(=O)C(C(N)=O)=C(O)[C@@]3(O)C(=O)C1=C2O. The van der Waals surface area contributed by atoms with Gasteiger partial charge in [0.2, 0.25) is 11.6 Å². The van der Waals surface area contributed by atoms with Gasteiger partial charge in [0.15, 0.2) is 22.8 Å². The number of fused-ring (bicyclic) bond motifs is 6. The molecule has 0 aliphatic heterocycles. The molecule has 0 spiro atoms. The van der Waals surface area contributed by atoms with E-state index in [1.54, 1.807) is 0 Å². The zero-order valence-electron chi connectivity index (χ0n) is 41.6. The summed E-state index contributed by atoms with van der Waals surface area (Å²) < 4.78 is 0.510. The van der Waals surface area contributed by atoms with Crippen LogP contribution in [0.3, 0.4) is 0 Å². The van der Waals surface area contributed by atoms with E-state index in [2.05, 4.69) is 29.9 Å². The summed E-state index contributed by atoms with van der Waals surface area (Å²) in [5.74, 6) is -3.57. The Kier molecular flexibility index (Phi) is 15.2. The fourth-order valence-electron chi connectivity index (χ4n) is 12.3. The maximum atomic E-state index is 13.7. The first-order valence-electron chi connectivity index (χ1n) is 25.3. The third kappa shape index (κ3) is 9.16. The van der Waals surface area contributed by atoms with Crippen LogP contribution in [0.4, 0.5) is 0 Å². The molecule has 10 rings (SSSR count). The van der Waals surface area contributed by atoms with Crippen molar-refractivity contribution in [1.29, 1.82) is 0 Å². The van der Waals surface area contributed by atoms with E-state index < -0.39 is 104 Å². The van der Waals surface area contributed by atoms with E-state index in [1.807, 2.05) is 48.6 Å². The second-order valence-electron chi connectivity index (χ2n) is 20.4. The number of amides is 2. The zero-order valence-corrected chi connectivity index (χ0v) is 43.7. The fourth-order valence-corrected chi connectivity index (χ4v) is 12.9. The third-order valence-corrected chi connectivity index (χ3v) is 17.0. The van der Waals surface area contributed by atoms with Gasteiger partial charge < -0.3 is 52.3 Å². The number of primary amides is 2. The van der Waals surface area contributed by atoms with E-state index in [4.69, 9.17) is 17.9 Å². The second kappa shape index (κ2) is 21.0. The van der Waals surface area contributed by atoms with Crippen molar-refractivity contribution in [2.45, 2.75) is 128 Å². The lowest BCUT2D eigenvalue weighted by Crippen LogP contribution is -2.58. The lowest BCUT2D eigenvalue weighted by molar-refractivity contribution is -0.149. The molecule has 12 N–H and O–H groups in total. The molecule has 0 unspecified atom stereocenters. The highest BCUT2D eigenvalue weighted by Gasteiger charge is 2.62. The van der Waals surface area contributed by atoms with Gasteiger partial charge in [-0.1, -0.05) is 43.8 Å². The summed E-state index contributed by atoms with van der Waals surface area (Å²) in [4.78, 5) is 75.2. The highest BCUT2D eigenvalue weighted by Crippen LogP contribution is 2.55. The number of phenols is 2. The van der Waals surface area contributed by atoms with Gasteiger partial charge in [0.1, 0.15) is 45.7 Å². The molecule has 392 valence electrons. The molecule has 17 heteroatoms. The van der Waals surface area contributed by atoms with Gasteiger partial charge in [-0.05, 0) is 170 Å². The van der Waals surface area contributed by atoms with Crippen molar-refractivity contribution in [1.82, 2.24) is 0 Å². The number of nitrogens with two attached hydrogens (primary N) is 2. The molecule has 2 saturated carbocycles. The number of hydrogen-bond acceptors (Lipinski definition) is 14. The number of rotatable bonds is 4.